The van der Waals surface area contributed by atoms with E-state index in [2.05, 4.69) is 72.4 Å². The first-order chi connectivity index (χ1) is 16.0. The number of benzene rings is 2. The lowest BCUT2D eigenvalue weighted by Gasteiger charge is -2.25. The summed E-state index contributed by atoms with van der Waals surface area (Å²) in [6, 6.07) is 14.4. The molecule has 0 unspecified atom stereocenters. The molecule has 1 aromatic heterocycles. The standard InChI is InChI=1S/C25H22Br2N4O2/c26-18-10-16(11-19(27)23(18)32)20-17(12-28)24(29)33-25-21(20)22(30-31-25)15-8-6-14(7-9-15)13-4-2-1-3-5-13/h6-11,13,20,32H,1-5,29H2,(H,30,31)/t20-/m0/s1. The number of H-pyrrole nitrogens is 1. The van der Waals surface area contributed by atoms with Crippen LogP contribution in [0.15, 0.2) is 56.8 Å². The van der Waals surface area contributed by atoms with Crippen LogP contribution in [0.2, 0.25) is 0 Å². The lowest BCUT2D eigenvalue weighted by atomic mass is 9.82. The third-order valence-corrected chi connectivity index (χ3v) is 7.80. The van der Waals surface area contributed by atoms with Gasteiger partial charge in [-0.05, 0) is 73.9 Å². The van der Waals surface area contributed by atoms with Gasteiger partial charge in [0.25, 0.3) is 0 Å². The fourth-order valence-electron chi connectivity index (χ4n) is 4.91. The minimum Gasteiger partial charge on any atom is -0.506 e. The van der Waals surface area contributed by atoms with Crippen molar-refractivity contribution in [2.45, 2.75) is 43.9 Å². The predicted octanol–water partition coefficient (Wildman–Crippen LogP) is 6.57. The number of nitrogens with one attached hydrogen (secondary N) is 1. The van der Waals surface area contributed by atoms with Crippen molar-refractivity contribution in [3.05, 3.63) is 73.5 Å². The van der Waals surface area contributed by atoms with Crippen molar-refractivity contribution in [1.29, 1.82) is 5.26 Å². The summed E-state index contributed by atoms with van der Waals surface area (Å²) < 4.78 is 6.74. The molecule has 1 atom stereocenters. The molecule has 168 valence electrons. The maximum Gasteiger partial charge on any atom is 0.244 e. The Labute approximate surface area is 208 Å². The Balaban J connectivity index is 1.60. The van der Waals surface area contributed by atoms with Crippen LogP contribution in [-0.4, -0.2) is 15.3 Å². The molecule has 2 aromatic carbocycles. The van der Waals surface area contributed by atoms with E-state index in [4.69, 9.17) is 10.5 Å². The molecule has 8 heteroatoms. The highest BCUT2D eigenvalue weighted by atomic mass is 79.9. The van der Waals surface area contributed by atoms with E-state index in [0.717, 1.165) is 22.4 Å². The second-order valence-corrected chi connectivity index (χ2v) is 10.2. The Bertz CT molecular complexity index is 1260. The molecule has 0 spiro atoms. The molecular weight excluding hydrogens is 548 g/mol. The summed E-state index contributed by atoms with van der Waals surface area (Å²) in [6.45, 7) is 0. The van der Waals surface area contributed by atoms with E-state index in [-0.39, 0.29) is 11.6 Å². The van der Waals surface area contributed by atoms with Gasteiger partial charge < -0.3 is 15.6 Å². The summed E-state index contributed by atoms with van der Waals surface area (Å²) in [5.41, 5.74) is 11.0. The van der Waals surface area contributed by atoms with Crippen molar-refractivity contribution < 1.29 is 9.84 Å². The lowest BCUT2D eigenvalue weighted by Crippen LogP contribution is -2.21. The molecular formula is C25H22Br2N4O2. The molecule has 4 N–H and O–H groups in total. The molecule has 1 saturated carbocycles. The number of aromatic amines is 1. The van der Waals surface area contributed by atoms with E-state index >= 15 is 0 Å². The lowest BCUT2D eigenvalue weighted by molar-refractivity contribution is 0.379. The van der Waals surface area contributed by atoms with Crippen LogP contribution in [0.4, 0.5) is 0 Å². The van der Waals surface area contributed by atoms with E-state index < -0.39 is 5.92 Å². The van der Waals surface area contributed by atoms with Gasteiger partial charge in [0, 0.05) is 5.56 Å². The smallest absolute Gasteiger partial charge is 0.244 e. The Morgan fingerprint density at radius 2 is 1.73 bits per heavy atom. The number of hydrogen-bond acceptors (Lipinski definition) is 5. The van der Waals surface area contributed by atoms with Crippen molar-refractivity contribution in [2.24, 2.45) is 5.73 Å². The zero-order valence-electron chi connectivity index (χ0n) is 17.7. The number of nitrogens with zero attached hydrogens (tertiary/aromatic N) is 2. The molecule has 1 fully saturated rings. The highest BCUT2D eigenvalue weighted by molar-refractivity contribution is 9.11. The molecule has 1 aliphatic heterocycles. The molecule has 0 radical (unpaired) electrons. The molecule has 1 aliphatic carbocycles. The predicted molar refractivity (Wildman–Crippen MR) is 133 cm³/mol. The number of rotatable bonds is 3. The summed E-state index contributed by atoms with van der Waals surface area (Å²) in [7, 11) is 0. The highest BCUT2D eigenvalue weighted by Crippen LogP contribution is 2.48. The summed E-state index contributed by atoms with van der Waals surface area (Å²) in [5, 5.41) is 27.6. The molecule has 3 aromatic rings. The van der Waals surface area contributed by atoms with Gasteiger partial charge >= 0.3 is 0 Å². The van der Waals surface area contributed by atoms with Crippen molar-refractivity contribution in [2.75, 3.05) is 0 Å². The number of nitrogens with two attached hydrogens (primary N) is 1. The second kappa shape index (κ2) is 8.88. The Kier molecular flexibility index (Phi) is 5.94. The van der Waals surface area contributed by atoms with Crippen molar-refractivity contribution in [3.63, 3.8) is 0 Å². The molecule has 2 heterocycles. The van der Waals surface area contributed by atoms with Gasteiger partial charge in [0.1, 0.15) is 17.4 Å². The minimum atomic E-state index is -0.501. The summed E-state index contributed by atoms with van der Waals surface area (Å²) in [5.74, 6) is 0.592. The molecule has 5 rings (SSSR count). The number of aromatic nitrogens is 2. The number of halogens is 2. The minimum absolute atomic E-state index is 0.0287. The zero-order chi connectivity index (χ0) is 23.1. The quantitative estimate of drug-likeness (QED) is 0.330. The van der Waals surface area contributed by atoms with Crippen LogP contribution in [0.3, 0.4) is 0 Å². The van der Waals surface area contributed by atoms with Gasteiger partial charge in [0.05, 0.1) is 26.1 Å². The van der Waals surface area contributed by atoms with E-state index in [9.17, 15) is 10.4 Å². The van der Waals surface area contributed by atoms with E-state index in [1.165, 1.54) is 37.7 Å². The number of phenolic OH excluding ortho intramolecular Hbond substituents is 1. The Morgan fingerprint density at radius 3 is 2.36 bits per heavy atom. The Morgan fingerprint density at radius 1 is 1.06 bits per heavy atom. The molecule has 0 amide bonds. The van der Waals surface area contributed by atoms with Gasteiger partial charge in [-0.1, -0.05) is 43.5 Å². The van der Waals surface area contributed by atoms with Crippen LogP contribution in [0.25, 0.3) is 11.3 Å². The van der Waals surface area contributed by atoms with E-state index in [1.54, 1.807) is 12.1 Å². The van der Waals surface area contributed by atoms with E-state index in [1.807, 2.05) is 0 Å². The van der Waals surface area contributed by atoms with Gasteiger partial charge in [0.2, 0.25) is 11.8 Å². The fourth-order valence-corrected chi connectivity index (χ4v) is 6.13. The normalized spacial score (nSPS) is 18.5. The highest BCUT2D eigenvalue weighted by Gasteiger charge is 2.36. The van der Waals surface area contributed by atoms with Gasteiger partial charge in [-0.2, -0.15) is 5.26 Å². The number of nitriles is 1. The van der Waals surface area contributed by atoms with Crippen molar-refractivity contribution >= 4 is 31.9 Å². The average molecular weight is 570 g/mol. The topological polar surface area (TPSA) is 108 Å². The number of ether oxygens (including phenoxy) is 1. The van der Waals surface area contributed by atoms with Gasteiger partial charge in [0.15, 0.2) is 0 Å². The maximum absolute atomic E-state index is 10.2. The second-order valence-electron chi connectivity index (χ2n) is 8.53. The van der Waals surface area contributed by atoms with Crippen LogP contribution in [0.5, 0.6) is 11.6 Å². The van der Waals surface area contributed by atoms with Crippen LogP contribution in [0, 0.1) is 11.3 Å². The Hall–Kier alpha value is -2.76. The number of hydrogen-bond donors (Lipinski definition) is 3. The third-order valence-electron chi connectivity index (χ3n) is 6.59. The van der Waals surface area contributed by atoms with Gasteiger partial charge in [-0.25, -0.2) is 0 Å². The maximum atomic E-state index is 10.2. The number of fused-ring (bicyclic) bond motifs is 1. The first-order valence-corrected chi connectivity index (χ1v) is 12.5. The fraction of sp³-hybridized carbons (Fsp3) is 0.280. The largest absolute Gasteiger partial charge is 0.506 e. The summed E-state index contributed by atoms with van der Waals surface area (Å²) >= 11 is 6.79. The molecule has 2 aliphatic rings. The number of aromatic hydroxyl groups is 1. The van der Waals surface area contributed by atoms with Crippen LogP contribution < -0.4 is 10.5 Å². The SMILES string of the molecule is N#CC1=C(N)Oc2n[nH]c(-c3ccc(C4CCCCC4)cc3)c2[C@H]1c1cc(Br)c(O)c(Br)c1. The van der Waals surface area contributed by atoms with Gasteiger partial charge in [-0.3, -0.25) is 5.10 Å². The van der Waals surface area contributed by atoms with Crippen molar-refractivity contribution in [1.82, 2.24) is 10.2 Å². The number of allylic oxidation sites excluding steroid dienone is 1. The molecule has 33 heavy (non-hydrogen) atoms. The van der Waals surface area contributed by atoms with Crippen LogP contribution in [0.1, 0.15) is 60.6 Å². The first kappa shape index (κ1) is 22.1. The average Bonchev–Trinajstić information content (AvgIpc) is 3.25. The zero-order valence-corrected chi connectivity index (χ0v) is 20.9. The third kappa shape index (κ3) is 3.94. The van der Waals surface area contributed by atoms with Crippen LogP contribution >= 0.6 is 31.9 Å². The molecule has 0 saturated heterocycles. The summed E-state index contributed by atoms with van der Waals surface area (Å²) in [4.78, 5) is 0. The van der Waals surface area contributed by atoms with Crippen LogP contribution in [-0.2, 0) is 0 Å². The monoisotopic (exact) mass is 568 g/mol. The van der Waals surface area contributed by atoms with E-state index in [0.29, 0.717) is 26.3 Å². The number of phenols is 1. The van der Waals surface area contributed by atoms with Crippen molar-refractivity contribution in [3.8, 4) is 29.0 Å². The van der Waals surface area contributed by atoms with Gasteiger partial charge in [-0.15, -0.1) is 5.10 Å². The molecule has 0 bridgehead atoms. The summed E-state index contributed by atoms with van der Waals surface area (Å²) in [6.07, 6.45) is 6.41. The molecule has 6 nitrogen and oxygen atoms in total. The first-order valence-electron chi connectivity index (χ1n) is 10.9.